The van der Waals surface area contributed by atoms with Gasteiger partial charge in [-0.1, -0.05) is 13.8 Å². The molecule has 0 atom stereocenters. The molecule has 0 radical (unpaired) electrons. The third-order valence-corrected chi connectivity index (χ3v) is 2.86. The van der Waals surface area contributed by atoms with Gasteiger partial charge in [0.2, 0.25) is 0 Å². The van der Waals surface area contributed by atoms with E-state index in [1.807, 2.05) is 33.2 Å². The lowest BCUT2D eigenvalue weighted by Crippen LogP contribution is -2.22. The maximum atomic E-state index is 11.8. The lowest BCUT2D eigenvalue weighted by atomic mass is 10.0. The van der Waals surface area contributed by atoms with Crippen LogP contribution in [0.3, 0.4) is 0 Å². The molecule has 7 nitrogen and oxygen atoms in total. The molecule has 2 aromatic rings. The van der Waals surface area contributed by atoms with Crippen molar-refractivity contribution < 1.29 is 7.65 Å². The zero-order valence-electron chi connectivity index (χ0n) is 12.0. The van der Waals surface area contributed by atoms with Gasteiger partial charge in [-0.2, -0.15) is 5.10 Å². The smallest absolute Gasteiger partial charge is 0.271 e. The van der Waals surface area contributed by atoms with E-state index in [1.54, 1.807) is 17.9 Å². The van der Waals surface area contributed by atoms with Gasteiger partial charge in [-0.05, 0) is 17.5 Å². The topological polar surface area (TPSA) is 84.7 Å². The number of nitrogens with zero attached hydrogens (tertiary/aromatic N) is 4. The van der Waals surface area contributed by atoms with Crippen LogP contribution in [0.25, 0.3) is 0 Å². The van der Waals surface area contributed by atoms with Crippen LogP contribution in [0.15, 0.2) is 18.5 Å². The summed E-state index contributed by atoms with van der Waals surface area (Å²) in [5.74, 6) is 0.538. The van der Waals surface area contributed by atoms with Crippen molar-refractivity contribution in [2.24, 2.45) is 7.05 Å². The molecule has 0 bridgehead atoms. The summed E-state index contributed by atoms with van der Waals surface area (Å²) >= 11 is 0. The summed E-state index contributed by atoms with van der Waals surface area (Å²) in [5.41, 5.74) is 2.04. The lowest BCUT2D eigenvalue weighted by Gasteiger charge is -2.12. The first kappa shape index (κ1) is 14.0. The fourth-order valence-corrected chi connectivity index (χ4v) is 1.84. The maximum absolute atomic E-state index is 11.8. The van der Waals surface area contributed by atoms with Gasteiger partial charge in [-0.3, -0.25) is 9.48 Å². The number of carbonyl (C=O) groups excluding carboxylic acids is 1. The van der Waals surface area contributed by atoms with E-state index < -0.39 is 0 Å². The quantitative estimate of drug-likeness (QED) is 0.892. The van der Waals surface area contributed by atoms with Crippen molar-refractivity contribution in [3.8, 4) is 0 Å². The van der Waals surface area contributed by atoms with Gasteiger partial charge in [0.05, 0.1) is 11.9 Å². The molecule has 1 amide bonds. The molecule has 110 valence electrons. The predicted octanol–water partition coefficient (Wildman–Crippen LogP) is 1.93. The Labute approximate surface area is 120 Å². The molecule has 0 spiro atoms. The first-order chi connectivity index (χ1) is 9.51. The molecule has 0 unspecified atom stereocenters. The van der Waals surface area contributed by atoms with Gasteiger partial charge >= 0.3 is 0 Å². The molecule has 0 fully saturated rings. The van der Waals surface area contributed by atoms with Crippen molar-refractivity contribution in [1.29, 1.82) is 0 Å². The van der Waals surface area contributed by atoms with E-state index in [0.29, 0.717) is 11.5 Å². The Morgan fingerprint density at radius 3 is 2.70 bits per heavy atom. The standard InChI is InChI=1S/C13H18N6O.2H2/c1-8(2)10-5-11(16-9-6-15-19(4)7-9)17-18-12(10)13(20)14-3;;/h5-8H,1-4H3,(H,14,20)(H,16,17);2*1H. The molecule has 2 heterocycles. The van der Waals surface area contributed by atoms with E-state index in [2.05, 4.69) is 25.9 Å². The van der Waals surface area contributed by atoms with Crippen LogP contribution in [0.4, 0.5) is 11.5 Å². The third-order valence-electron chi connectivity index (χ3n) is 2.86. The lowest BCUT2D eigenvalue weighted by molar-refractivity contribution is 0.0955. The molecule has 0 saturated carbocycles. The molecule has 0 aliphatic heterocycles. The van der Waals surface area contributed by atoms with Crippen molar-refractivity contribution in [2.75, 3.05) is 12.4 Å². The summed E-state index contributed by atoms with van der Waals surface area (Å²) in [6.45, 7) is 4.02. The van der Waals surface area contributed by atoms with Crippen LogP contribution in [0, 0.1) is 0 Å². The van der Waals surface area contributed by atoms with Crippen molar-refractivity contribution in [2.45, 2.75) is 19.8 Å². The number of carbonyl (C=O) groups is 1. The fraction of sp³-hybridized carbons (Fsp3) is 0.385. The second-order valence-electron chi connectivity index (χ2n) is 4.80. The summed E-state index contributed by atoms with van der Waals surface area (Å²) in [7, 11) is 3.42. The Morgan fingerprint density at radius 1 is 1.40 bits per heavy atom. The van der Waals surface area contributed by atoms with Gasteiger partial charge in [0.15, 0.2) is 11.5 Å². The summed E-state index contributed by atoms with van der Waals surface area (Å²) in [6.07, 6.45) is 3.53. The van der Waals surface area contributed by atoms with E-state index in [9.17, 15) is 4.79 Å². The van der Waals surface area contributed by atoms with Crippen LogP contribution in [0.5, 0.6) is 0 Å². The number of hydrogen-bond donors (Lipinski definition) is 2. The van der Waals surface area contributed by atoms with Crippen molar-refractivity contribution in [1.82, 2.24) is 25.3 Å². The van der Waals surface area contributed by atoms with Crippen molar-refractivity contribution in [3.05, 3.63) is 29.7 Å². The van der Waals surface area contributed by atoms with Gasteiger partial charge in [-0.15, -0.1) is 10.2 Å². The molecule has 0 aliphatic carbocycles. The van der Waals surface area contributed by atoms with Gasteiger partial charge < -0.3 is 10.6 Å². The first-order valence-corrected chi connectivity index (χ1v) is 6.36. The molecular weight excluding hydrogens is 256 g/mol. The zero-order chi connectivity index (χ0) is 14.7. The number of aromatic nitrogens is 4. The van der Waals surface area contributed by atoms with Gasteiger partial charge in [-0.25, -0.2) is 0 Å². The zero-order valence-corrected chi connectivity index (χ0v) is 12.0. The van der Waals surface area contributed by atoms with Crippen molar-refractivity contribution >= 4 is 17.4 Å². The number of anilines is 2. The van der Waals surface area contributed by atoms with Crippen LogP contribution in [-0.4, -0.2) is 32.9 Å². The molecule has 2 N–H and O–H groups in total. The minimum Gasteiger partial charge on any atom is -0.354 e. The SMILES string of the molecule is CNC(=O)c1nnc(Nc2cnn(C)c2)cc1C(C)C.[HH].[HH]. The van der Waals surface area contributed by atoms with E-state index in [0.717, 1.165) is 11.3 Å². The monoisotopic (exact) mass is 278 g/mol. The maximum Gasteiger partial charge on any atom is 0.271 e. The summed E-state index contributed by atoms with van der Waals surface area (Å²) in [5, 5.41) is 17.8. The predicted molar refractivity (Wildman–Crippen MR) is 80.2 cm³/mol. The molecule has 0 aromatic carbocycles. The Bertz CT molecular complexity index is 629. The molecule has 0 aliphatic rings. The summed E-state index contributed by atoms with van der Waals surface area (Å²) in [6, 6.07) is 1.84. The fourth-order valence-electron chi connectivity index (χ4n) is 1.84. The van der Waals surface area contributed by atoms with Crippen molar-refractivity contribution in [3.63, 3.8) is 0 Å². The van der Waals surface area contributed by atoms with E-state index in [-0.39, 0.29) is 14.7 Å². The summed E-state index contributed by atoms with van der Waals surface area (Å²) in [4.78, 5) is 11.8. The molecule has 2 rings (SSSR count). The van der Waals surface area contributed by atoms with Gasteiger partial charge in [0, 0.05) is 23.1 Å². The van der Waals surface area contributed by atoms with Gasteiger partial charge in [0.25, 0.3) is 5.91 Å². The number of rotatable bonds is 4. The van der Waals surface area contributed by atoms with E-state index in [1.165, 1.54) is 0 Å². The Morgan fingerprint density at radius 2 is 2.15 bits per heavy atom. The van der Waals surface area contributed by atoms with E-state index in [4.69, 9.17) is 0 Å². The highest BCUT2D eigenvalue weighted by Gasteiger charge is 2.16. The highest BCUT2D eigenvalue weighted by Crippen LogP contribution is 2.22. The number of amides is 1. The van der Waals surface area contributed by atoms with Gasteiger partial charge in [0.1, 0.15) is 0 Å². The van der Waals surface area contributed by atoms with Crippen LogP contribution >= 0.6 is 0 Å². The average Bonchev–Trinajstić information content (AvgIpc) is 2.83. The van der Waals surface area contributed by atoms with E-state index >= 15 is 0 Å². The minimum atomic E-state index is -0.228. The molecule has 20 heavy (non-hydrogen) atoms. The van der Waals surface area contributed by atoms with Crippen LogP contribution in [0.2, 0.25) is 0 Å². The highest BCUT2D eigenvalue weighted by atomic mass is 16.1. The Balaban J connectivity index is 0.00000220. The highest BCUT2D eigenvalue weighted by molar-refractivity contribution is 5.93. The van der Waals surface area contributed by atoms with Crippen LogP contribution in [0.1, 0.15) is 38.7 Å². The number of aryl methyl sites for hydroxylation is 1. The Kier molecular flexibility index (Phi) is 3.97. The Hall–Kier alpha value is -2.44. The largest absolute Gasteiger partial charge is 0.354 e. The van der Waals surface area contributed by atoms with Crippen LogP contribution < -0.4 is 10.6 Å². The first-order valence-electron chi connectivity index (χ1n) is 6.36. The third kappa shape index (κ3) is 2.93. The molecule has 0 saturated heterocycles. The molecule has 2 aromatic heterocycles. The normalized spacial score (nSPS) is 10.7. The number of hydrogen-bond acceptors (Lipinski definition) is 5. The molecule has 7 heteroatoms. The summed E-state index contributed by atoms with van der Waals surface area (Å²) < 4.78 is 1.69. The minimum absolute atomic E-state index is 0. The van der Waals surface area contributed by atoms with Crippen LogP contribution in [-0.2, 0) is 7.05 Å². The molecular formula is C13H22N6O. The number of nitrogens with one attached hydrogen (secondary N) is 2. The average molecular weight is 278 g/mol. The second kappa shape index (κ2) is 5.68. The second-order valence-corrected chi connectivity index (χ2v) is 4.80.